The lowest BCUT2D eigenvalue weighted by Crippen LogP contribution is -2.34. The van der Waals surface area contributed by atoms with Crippen molar-refractivity contribution in [3.63, 3.8) is 0 Å². The smallest absolute Gasteiger partial charge is 0.263 e. The molecule has 0 aliphatic rings. The Bertz CT molecular complexity index is 890. The van der Waals surface area contributed by atoms with Gasteiger partial charge in [-0.3, -0.25) is 4.79 Å². The molecule has 0 fully saturated rings. The molecule has 0 aliphatic heterocycles. The fourth-order valence-electron chi connectivity index (χ4n) is 2.70. The summed E-state index contributed by atoms with van der Waals surface area (Å²) in [5.41, 5.74) is 2.82. The normalized spacial score (nSPS) is 12.3. The van der Waals surface area contributed by atoms with Gasteiger partial charge in [0.15, 0.2) is 0 Å². The highest BCUT2D eigenvalue weighted by atomic mass is 35.5. The van der Waals surface area contributed by atoms with Crippen LogP contribution in [0.3, 0.4) is 0 Å². The van der Waals surface area contributed by atoms with E-state index in [0.29, 0.717) is 16.4 Å². The summed E-state index contributed by atoms with van der Waals surface area (Å²) in [4.78, 5) is 20.0. The number of carbonyl (C=O) groups is 1. The van der Waals surface area contributed by atoms with Gasteiger partial charge in [0.25, 0.3) is 5.91 Å². The van der Waals surface area contributed by atoms with Gasteiger partial charge in [-0.15, -0.1) is 11.3 Å². The number of aryl methyl sites for hydroxylation is 1. The fraction of sp³-hybridized carbons (Fsp3) is 0.263. The number of thiazole rings is 1. The SMILES string of the molecule is Cc1nc(-c2ccsc2)sc1C(=O)NCC(c1ccccc1Cl)N(C)C. The molecular weight excluding hydrogens is 386 g/mol. The monoisotopic (exact) mass is 405 g/mol. The number of likely N-dealkylation sites (N-methyl/N-ethyl adjacent to an activating group) is 1. The van der Waals surface area contributed by atoms with Gasteiger partial charge in [-0.05, 0) is 44.1 Å². The Hall–Kier alpha value is -1.73. The van der Waals surface area contributed by atoms with E-state index < -0.39 is 0 Å². The van der Waals surface area contributed by atoms with Crippen LogP contribution in [0.4, 0.5) is 0 Å². The molecule has 0 radical (unpaired) electrons. The number of rotatable bonds is 6. The lowest BCUT2D eigenvalue weighted by atomic mass is 10.1. The van der Waals surface area contributed by atoms with Gasteiger partial charge in [-0.25, -0.2) is 4.98 Å². The van der Waals surface area contributed by atoms with Crippen LogP contribution in [0.1, 0.15) is 27.0 Å². The molecule has 1 aromatic carbocycles. The lowest BCUT2D eigenvalue weighted by molar-refractivity contribution is 0.0945. The van der Waals surface area contributed by atoms with Crippen molar-refractivity contribution in [2.75, 3.05) is 20.6 Å². The third-order valence-electron chi connectivity index (χ3n) is 4.11. The molecule has 7 heteroatoms. The quantitative estimate of drug-likeness (QED) is 0.636. The summed E-state index contributed by atoms with van der Waals surface area (Å²) < 4.78 is 0. The number of benzene rings is 1. The predicted molar refractivity (Wildman–Crippen MR) is 110 cm³/mol. The minimum atomic E-state index is -0.0969. The number of thiophene rings is 1. The summed E-state index contributed by atoms with van der Waals surface area (Å²) in [5, 5.41) is 8.67. The molecule has 2 aromatic heterocycles. The molecule has 0 saturated heterocycles. The Kier molecular flexibility index (Phi) is 6.09. The van der Waals surface area contributed by atoms with Gasteiger partial charge in [0.05, 0.1) is 11.7 Å². The van der Waals surface area contributed by atoms with Gasteiger partial charge in [-0.1, -0.05) is 29.8 Å². The number of amides is 1. The van der Waals surface area contributed by atoms with Gasteiger partial charge in [-0.2, -0.15) is 11.3 Å². The Morgan fingerprint density at radius 1 is 1.31 bits per heavy atom. The van der Waals surface area contributed by atoms with Crippen LogP contribution < -0.4 is 5.32 Å². The van der Waals surface area contributed by atoms with Gasteiger partial charge in [0, 0.05) is 22.5 Å². The maximum atomic E-state index is 12.7. The number of nitrogens with one attached hydrogen (secondary N) is 1. The molecule has 136 valence electrons. The molecule has 1 unspecified atom stereocenters. The fourth-order valence-corrected chi connectivity index (χ4v) is 4.66. The largest absolute Gasteiger partial charge is 0.349 e. The van der Waals surface area contributed by atoms with Crippen molar-refractivity contribution in [1.29, 1.82) is 0 Å². The third kappa shape index (κ3) is 4.15. The maximum Gasteiger partial charge on any atom is 0.263 e. The Balaban J connectivity index is 1.74. The van der Waals surface area contributed by atoms with E-state index in [0.717, 1.165) is 21.8 Å². The van der Waals surface area contributed by atoms with Crippen LogP contribution in [-0.4, -0.2) is 36.4 Å². The average molecular weight is 406 g/mol. The van der Waals surface area contributed by atoms with Crippen LogP contribution in [0.25, 0.3) is 10.6 Å². The van der Waals surface area contributed by atoms with Gasteiger partial charge in [0.2, 0.25) is 0 Å². The van der Waals surface area contributed by atoms with Crippen molar-refractivity contribution in [3.8, 4) is 10.6 Å². The molecule has 0 aliphatic carbocycles. The first-order valence-electron chi connectivity index (χ1n) is 8.16. The Morgan fingerprint density at radius 3 is 2.73 bits per heavy atom. The number of hydrogen-bond acceptors (Lipinski definition) is 5. The third-order valence-corrected chi connectivity index (χ3v) is 6.35. The second-order valence-corrected chi connectivity index (χ2v) is 8.34. The lowest BCUT2D eigenvalue weighted by Gasteiger charge is -2.25. The predicted octanol–water partition coefficient (Wildman–Crippen LogP) is 4.87. The zero-order valence-corrected chi connectivity index (χ0v) is 17.2. The van der Waals surface area contributed by atoms with E-state index >= 15 is 0 Å². The molecule has 1 atom stereocenters. The first-order chi connectivity index (χ1) is 12.5. The number of aromatic nitrogens is 1. The van der Waals surface area contributed by atoms with Crippen molar-refractivity contribution in [2.24, 2.45) is 0 Å². The van der Waals surface area contributed by atoms with E-state index in [2.05, 4.69) is 15.2 Å². The van der Waals surface area contributed by atoms with Crippen LogP contribution >= 0.6 is 34.3 Å². The average Bonchev–Trinajstić information content (AvgIpc) is 3.25. The summed E-state index contributed by atoms with van der Waals surface area (Å²) in [6.07, 6.45) is 0. The maximum absolute atomic E-state index is 12.7. The number of nitrogens with zero attached hydrogens (tertiary/aromatic N) is 2. The van der Waals surface area contributed by atoms with Crippen molar-refractivity contribution in [1.82, 2.24) is 15.2 Å². The molecule has 0 spiro atoms. The van der Waals surface area contributed by atoms with Gasteiger partial charge in [0.1, 0.15) is 9.88 Å². The molecule has 1 N–H and O–H groups in total. The topological polar surface area (TPSA) is 45.2 Å². The first-order valence-corrected chi connectivity index (χ1v) is 10.3. The molecule has 4 nitrogen and oxygen atoms in total. The van der Waals surface area contributed by atoms with E-state index in [9.17, 15) is 4.79 Å². The van der Waals surface area contributed by atoms with E-state index in [1.807, 2.05) is 62.1 Å². The number of hydrogen-bond donors (Lipinski definition) is 1. The van der Waals surface area contributed by atoms with Crippen LogP contribution in [0, 0.1) is 6.92 Å². The number of halogens is 1. The molecule has 3 rings (SSSR count). The minimum absolute atomic E-state index is 0.00257. The second kappa shape index (κ2) is 8.31. The molecule has 0 bridgehead atoms. The zero-order chi connectivity index (χ0) is 18.7. The van der Waals surface area contributed by atoms with Gasteiger partial charge >= 0.3 is 0 Å². The highest BCUT2D eigenvalue weighted by Gasteiger charge is 2.21. The van der Waals surface area contributed by atoms with Crippen molar-refractivity contribution in [3.05, 3.63) is 62.2 Å². The molecule has 1 amide bonds. The van der Waals surface area contributed by atoms with Crippen LogP contribution in [0.5, 0.6) is 0 Å². The standard InChI is InChI=1S/C19H20ClN3OS2/c1-12-17(26-19(22-12)13-8-9-25-11-13)18(24)21-10-16(23(2)3)14-6-4-5-7-15(14)20/h4-9,11,16H,10H2,1-3H3,(H,21,24). The Morgan fingerprint density at radius 2 is 2.08 bits per heavy atom. The van der Waals surface area contributed by atoms with Gasteiger partial charge < -0.3 is 10.2 Å². The highest BCUT2D eigenvalue weighted by molar-refractivity contribution is 7.17. The second-order valence-electron chi connectivity index (χ2n) is 6.16. The number of carbonyl (C=O) groups excluding carboxylic acids is 1. The van der Waals surface area contributed by atoms with Crippen LogP contribution in [-0.2, 0) is 0 Å². The Labute approximate surface area is 166 Å². The van der Waals surface area contributed by atoms with Crippen molar-refractivity contribution in [2.45, 2.75) is 13.0 Å². The van der Waals surface area contributed by atoms with Crippen molar-refractivity contribution >= 4 is 40.2 Å². The summed E-state index contributed by atoms with van der Waals surface area (Å²) >= 11 is 9.39. The van der Waals surface area contributed by atoms with E-state index in [4.69, 9.17) is 11.6 Å². The van der Waals surface area contributed by atoms with E-state index in [-0.39, 0.29) is 11.9 Å². The van der Waals surface area contributed by atoms with E-state index in [1.54, 1.807) is 11.3 Å². The highest BCUT2D eigenvalue weighted by Crippen LogP contribution is 2.30. The summed E-state index contributed by atoms with van der Waals surface area (Å²) in [6.45, 7) is 2.35. The summed E-state index contributed by atoms with van der Waals surface area (Å²) in [7, 11) is 3.96. The van der Waals surface area contributed by atoms with Crippen LogP contribution in [0.2, 0.25) is 5.02 Å². The summed E-state index contributed by atoms with van der Waals surface area (Å²) in [5.74, 6) is -0.0969. The zero-order valence-electron chi connectivity index (χ0n) is 14.8. The molecule has 0 saturated carbocycles. The summed E-state index contributed by atoms with van der Waals surface area (Å²) in [6, 6.07) is 9.74. The van der Waals surface area contributed by atoms with Crippen LogP contribution in [0.15, 0.2) is 41.1 Å². The molecule has 26 heavy (non-hydrogen) atoms. The minimum Gasteiger partial charge on any atom is -0.349 e. The van der Waals surface area contributed by atoms with Crippen molar-refractivity contribution < 1.29 is 4.79 Å². The first kappa shape index (κ1) is 19.0. The van der Waals surface area contributed by atoms with E-state index in [1.165, 1.54) is 11.3 Å². The molecule has 3 aromatic rings. The molecular formula is C19H20ClN3OS2. The molecule has 2 heterocycles.